The number of ether oxygens (including phenoxy) is 1. The van der Waals surface area contributed by atoms with Crippen LogP contribution in [0.1, 0.15) is 12.5 Å². The van der Waals surface area contributed by atoms with E-state index in [1.165, 1.54) is 23.9 Å². The van der Waals surface area contributed by atoms with Gasteiger partial charge in [-0.3, -0.25) is 4.79 Å². The molecule has 1 aliphatic heterocycles. The summed E-state index contributed by atoms with van der Waals surface area (Å²) in [5, 5.41) is 22.3. The third-order valence-electron chi connectivity index (χ3n) is 3.29. The van der Waals surface area contributed by atoms with Crippen molar-refractivity contribution in [2.24, 2.45) is 4.99 Å². The first-order chi connectivity index (χ1) is 12.0. The van der Waals surface area contributed by atoms with Crippen LogP contribution in [0.25, 0.3) is 6.08 Å². The van der Waals surface area contributed by atoms with Crippen molar-refractivity contribution >= 4 is 34.6 Å². The van der Waals surface area contributed by atoms with Crippen molar-refractivity contribution in [3.05, 3.63) is 52.9 Å². The highest BCUT2D eigenvalue weighted by atomic mass is 32.2. The number of hydrogen-bond donors (Lipinski definition) is 3. The Balaban J connectivity index is 1.83. The zero-order valence-electron chi connectivity index (χ0n) is 13.4. The number of phenols is 2. The van der Waals surface area contributed by atoms with Crippen molar-refractivity contribution in [3.8, 4) is 17.2 Å². The van der Waals surface area contributed by atoms with Crippen LogP contribution in [0.4, 0.5) is 5.69 Å². The summed E-state index contributed by atoms with van der Waals surface area (Å²) in [4.78, 5) is 16.9. The van der Waals surface area contributed by atoms with Gasteiger partial charge in [-0.05, 0) is 54.6 Å². The molecule has 0 unspecified atom stereocenters. The largest absolute Gasteiger partial charge is 0.508 e. The van der Waals surface area contributed by atoms with Gasteiger partial charge < -0.3 is 20.3 Å². The number of amides is 1. The predicted octanol–water partition coefficient (Wildman–Crippen LogP) is 3.39. The van der Waals surface area contributed by atoms with Crippen molar-refractivity contribution < 1.29 is 19.7 Å². The number of nitrogens with zero attached hydrogens (tertiary/aromatic N) is 1. The summed E-state index contributed by atoms with van der Waals surface area (Å²) in [6, 6.07) is 11.4. The molecule has 1 fully saturated rings. The molecule has 1 heterocycles. The number of aromatic hydroxyl groups is 2. The molecular weight excluding hydrogens is 340 g/mol. The highest BCUT2D eigenvalue weighted by Crippen LogP contribution is 2.32. The summed E-state index contributed by atoms with van der Waals surface area (Å²) in [7, 11) is 0. The molecule has 0 radical (unpaired) electrons. The number of rotatable bonds is 4. The van der Waals surface area contributed by atoms with E-state index in [1.54, 1.807) is 36.4 Å². The van der Waals surface area contributed by atoms with E-state index in [0.717, 1.165) is 5.56 Å². The second-order valence-electron chi connectivity index (χ2n) is 5.16. The van der Waals surface area contributed by atoms with Crippen molar-refractivity contribution in [1.82, 2.24) is 5.32 Å². The summed E-state index contributed by atoms with van der Waals surface area (Å²) < 4.78 is 5.35. The quantitative estimate of drug-likeness (QED) is 0.731. The zero-order chi connectivity index (χ0) is 17.8. The lowest BCUT2D eigenvalue weighted by molar-refractivity contribution is -0.115. The highest BCUT2D eigenvalue weighted by Gasteiger charge is 2.24. The van der Waals surface area contributed by atoms with Crippen molar-refractivity contribution in [2.75, 3.05) is 6.61 Å². The van der Waals surface area contributed by atoms with Gasteiger partial charge in [-0.15, -0.1) is 0 Å². The lowest BCUT2D eigenvalue weighted by atomic mass is 10.2. The lowest BCUT2D eigenvalue weighted by Gasteiger charge is -2.06. The molecule has 1 amide bonds. The third kappa shape index (κ3) is 4.13. The number of hydrogen-bond acceptors (Lipinski definition) is 6. The van der Waals surface area contributed by atoms with Gasteiger partial charge >= 0.3 is 0 Å². The van der Waals surface area contributed by atoms with Crippen molar-refractivity contribution in [2.45, 2.75) is 6.92 Å². The molecule has 128 valence electrons. The maximum absolute atomic E-state index is 12.1. The van der Waals surface area contributed by atoms with E-state index in [1.807, 2.05) is 6.92 Å². The van der Waals surface area contributed by atoms with Crippen LogP contribution >= 0.6 is 11.8 Å². The van der Waals surface area contributed by atoms with E-state index in [9.17, 15) is 15.0 Å². The van der Waals surface area contributed by atoms with Crippen LogP contribution in [0.3, 0.4) is 0 Å². The van der Waals surface area contributed by atoms with E-state index in [0.29, 0.717) is 28.1 Å². The van der Waals surface area contributed by atoms with Crippen molar-refractivity contribution in [3.63, 3.8) is 0 Å². The van der Waals surface area contributed by atoms with E-state index < -0.39 is 0 Å². The Kier molecular flexibility index (Phi) is 4.95. The summed E-state index contributed by atoms with van der Waals surface area (Å²) >= 11 is 1.20. The summed E-state index contributed by atoms with van der Waals surface area (Å²) in [6.07, 6.45) is 1.70. The summed E-state index contributed by atoms with van der Waals surface area (Å²) in [5.41, 5.74) is 1.28. The molecule has 1 aliphatic rings. The maximum Gasteiger partial charge on any atom is 0.264 e. The normalized spacial score (nSPS) is 17.1. The minimum absolute atomic E-state index is 0.0543. The monoisotopic (exact) mass is 356 g/mol. The molecule has 25 heavy (non-hydrogen) atoms. The molecule has 0 spiro atoms. The minimum atomic E-state index is -0.255. The van der Waals surface area contributed by atoms with Crippen LogP contribution < -0.4 is 10.1 Å². The Morgan fingerprint density at radius 2 is 2.08 bits per heavy atom. The number of amidine groups is 1. The summed E-state index contributed by atoms with van der Waals surface area (Å²) in [6.45, 7) is 2.26. The van der Waals surface area contributed by atoms with Crippen LogP contribution in [0.15, 0.2) is 52.4 Å². The van der Waals surface area contributed by atoms with Gasteiger partial charge in [0, 0.05) is 6.07 Å². The molecule has 2 aromatic carbocycles. The third-order valence-corrected chi connectivity index (χ3v) is 4.20. The Bertz CT molecular complexity index is 877. The van der Waals surface area contributed by atoms with Gasteiger partial charge in [-0.25, -0.2) is 4.99 Å². The molecule has 0 aliphatic carbocycles. The first-order valence-electron chi connectivity index (χ1n) is 7.59. The van der Waals surface area contributed by atoms with Gasteiger partial charge in [-0.2, -0.15) is 0 Å². The van der Waals surface area contributed by atoms with E-state index in [4.69, 9.17) is 4.74 Å². The van der Waals surface area contributed by atoms with Crippen LogP contribution in [0.5, 0.6) is 17.2 Å². The fourth-order valence-electron chi connectivity index (χ4n) is 2.20. The summed E-state index contributed by atoms with van der Waals surface area (Å²) in [5.74, 6) is 0.280. The molecule has 3 N–H and O–H groups in total. The molecule has 0 bridgehead atoms. The van der Waals surface area contributed by atoms with Crippen LogP contribution in [0.2, 0.25) is 0 Å². The number of carbonyl (C=O) groups is 1. The number of carbonyl (C=O) groups excluding carboxylic acids is 1. The van der Waals surface area contributed by atoms with E-state index in [2.05, 4.69) is 10.3 Å². The number of nitrogens with one attached hydrogen (secondary N) is 1. The Morgan fingerprint density at radius 1 is 1.24 bits per heavy atom. The average Bonchev–Trinajstić information content (AvgIpc) is 2.90. The number of thioether (sulfide) groups is 1. The Labute approximate surface area is 148 Å². The minimum Gasteiger partial charge on any atom is -0.508 e. The molecule has 0 saturated carbocycles. The van der Waals surface area contributed by atoms with E-state index in [-0.39, 0.29) is 17.4 Å². The molecule has 3 rings (SSSR count). The molecule has 7 heteroatoms. The SMILES string of the molecule is CCOc1cc(C=C2SC(=Nc3cccc(O)c3)NC2=O)ccc1O. The standard InChI is InChI=1S/C18H16N2O4S/c1-2-24-15-8-11(6-7-14(15)22)9-16-17(23)20-18(25-16)19-12-4-3-5-13(21)10-12/h3-10,21-22H,2H2,1H3,(H,19,20,23). The number of aliphatic imine (C=N–C) groups is 1. The fraction of sp³-hybridized carbons (Fsp3) is 0.111. The van der Waals surface area contributed by atoms with Gasteiger partial charge in [0.25, 0.3) is 5.91 Å². The van der Waals surface area contributed by atoms with E-state index >= 15 is 0 Å². The first kappa shape index (κ1) is 16.9. The maximum atomic E-state index is 12.1. The van der Waals surface area contributed by atoms with Gasteiger partial charge in [0.05, 0.1) is 17.2 Å². The van der Waals surface area contributed by atoms with Crippen molar-refractivity contribution in [1.29, 1.82) is 0 Å². The molecule has 1 saturated heterocycles. The highest BCUT2D eigenvalue weighted by molar-refractivity contribution is 8.18. The zero-order valence-corrected chi connectivity index (χ0v) is 14.2. The van der Waals surface area contributed by atoms with Gasteiger partial charge in [-0.1, -0.05) is 12.1 Å². The molecule has 0 aromatic heterocycles. The lowest BCUT2D eigenvalue weighted by Crippen LogP contribution is -2.19. The van der Waals surface area contributed by atoms with Gasteiger partial charge in [0.2, 0.25) is 0 Å². The van der Waals surface area contributed by atoms with Gasteiger partial charge in [0.15, 0.2) is 16.7 Å². The smallest absolute Gasteiger partial charge is 0.264 e. The second-order valence-corrected chi connectivity index (χ2v) is 6.19. The Hall–Kier alpha value is -2.93. The first-order valence-corrected chi connectivity index (χ1v) is 8.41. The van der Waals surface area contributed by atoms with Crippen LogP contribution in [0, 0.1) is 0 Å². The fourth-order valence-corrected chi connectivity index (χ4v) is 3.05. The number of phenolic OH excluding ortho intramolecular Hbond substituents is 2. The van der Waals surface area contributed by atoms with Crippen LogP contribution in [-0.2, 0) is 4.79 Å². The predicted molar refractivity (Wildman–Crippen MR) is 98.2 cm³/mol. The molecule has 6 nitrogen and oxygen atoms in total. The second kappa shape index (κ2) is 7.31. The topological polar surface area (TPSA) is 91.2 Å². The number of benzene rings is 2. The van der Waals surface area contributed by atoms with Crippen LogP contribution in [-0.4, -0.2) is 27.9 Å². The molecular formula is C18H16N2O4S. The molecule has 2 aromatic rings. The average molecular weight is 356 g/mol. The molecule has 0 atom stereocenters. The van der Waals surface area contributed by atoms with Gasteiger partial charge in [0.1, 0.15) is 5.75 Å². The Morgan fingerprint density at radius 3 is 2.84 bits per heavy atom.